The third-order valence-corrected chi connectivity index (χ3v) is 3.99. The van der Waals surface area contributed by atoms with Crippen molar-refractivity contribution >= 4 is 35.1 Å². The second kappa shape index (κ2) is 9.46. The van der Waals surface area contributed by atoms with E-state index in [1.165, 1.54) is 6.92 Å². The Kier molecular flexibility index (Phi) is 6.53. The molecule has 154 valence electrons. The largest absolute Gasteiger partial charge is 0.457 e. The Labute approximate surface area is 173 Å². The first-order valence-corrected chi connectivity index (χ1v) is 9.23. The van der Waals surface area contributed by atoms with E-state index in [-0.39, 0.29) is 36.7 Å². The Morgan fingerprint density at radius 2 is 1.63 bits per heavy atom. The van der Waals surface area contributed by atoms with E-state index >= 15 is 0 Å². The number of benzene rings is 2. The molecule has 0 atom stereocenters. The highest BCUT2D eigenvalue weighted by atomic mass is 16.5. The first-order valence-electron chi connectivity index (χ1n) is 9.23. The van der Waals surface area contributed by atoms with Crippen molar-refractivity contribution in [1.82, 2.24) is 15.0 Å². The van der Waals surface area contributed by atoms with Crippen LogP contribution in [-0.2, 0) is 27.4 Å². The van der Waals surface area contributed by atoms with Crippen molar-refractivity contribution in [2.24, 2.45) is 0 Å². The smallest absolute Gasteiger partial charge is 0.310 e. The average molecular weight is 406 g/mol. The Hall–Kier alpha value is -4.01. The van der Waals surface area contributed by atoms with E-state index in [1.54, 1.807) is 24.3 Å². The summed E-state index contributed by atoms with van der Waals surface area (Å²) in [5.74, 6) is -0.0547. The van der Waals surface area contributed by atoms with Crippen LogP contribution in [0, 0.1) is 6.92 Å². The van der Waals surface area contributed by atoms with E-state index in [9.17, 15) is 9.59 Å². The molecule has 0 bridgehead atoms. The van der Waals surface area contributed by atoms with E-state index < -0.39 is 5.97 Å². The molecule has 30 heavy (non-hydrogen) atoms. The Balaban J connectivity index is 1.57. The third-order valence-electron chi connectivity index (χ3n) is 3.99. The average Bonchev–Trinajstić information content (AvgIpc) is 2.69. The van der Waals surface area contributed by atoms with Crippen LogP contribution < -0.4 is 16.4 Å². The summed E-state index contributed by atoms with van der Waals surface area (Å²) >= 11 is 0. The molecular formula is C21H22N6O3. The predicted octanol–water partition coefficient (Wildman–Crippen LogP) is 2.75. The highest BCUT2D eigenvalue weighted by Crippen LogP contribution is 2.15. The zero-order chi connectivity index (χ0) is 21.5. The number of anilines is 4. The zero-order valence-electron chi connectivity index (χ0n) is 16.7. The molecule has 3 aromatic rings. The lowest BCUT2D eigenvalue weighted by atomic mass is 10.1. The molecule has 1 heterocycles. The highest BCUT2D eigenvalue weighted by molar-refractivity contribution is 5.88. The van der Waals surface area contributed by atoms with Crippen molar-refractivity contribution in [2.75, 3.05) is 16.4 Å². The highest BCUT2D eigenvalue weighted by Gasteiger charge is 2.10. The number of nitrogens with two attached hydrogens (primary N) is 1. The molecule has 0 aliphatic carbocycles. The number of nitrogens with zero attached hydrogens (tertiary/aromatic N) is 3. The zero-order valence-corrected chi connectivity index (χ0v) is 16.7. The molecule has 0 fully saturated rings. The van der Waals surface area contributed by atoms with Gasteiger partial charge in [-0.3, -0.25) is 9.59 Å². The maximum atomic E-state index is 12.1. The summed E-state index contributed by atoms with van der Waals surface area (Å²) in [4.78, 5) is 35.5. The maximum absolute atomic E-state index is 12.1. The molecule has 1 amide bonds. The molecule has 0 spiro atoms. The number of nitrogen functional groups attached to an aromatic ring is 1. The van der Waals surface area contributed by atoms with Gasteiger partial charge < -0.3 is 21.1 Å². The fraction of sp³-hybridized carbons (Fsp3) is 0.190. The van der Waals surface area contributed by atoms with Gasteiger partial charge in [0.2, 0.25) is 17.8 Å². The number of ether oxygens (including phenoxy) is 1. The molecule has 9 nitrogen and oxygen atoms in total. The molecule has 0 saturated carbocycles. The number of rotatable bonds is 7. The quantitative estimate of drug-likeness (QED) is 0.510. The molecule has 1 aromatic heterocycles. The summed E-state index contributed by atoms with van der Waals surface area (Å²) < 4.78 is 5.26. The molecule has 0 unspecified atom stereocenters. The Bertz CT molecular complexity index is 1040. The molecule has 2 aromatic carbocycles. The second-order valence-electron chi connectivity index (χ2n) is 6.64. The van der Waals surface area contributed by atoms with Crippen LogP contribution in [0.4, 0.5) is 23.3 Å². The van der Waals surface area contributed by atoms with Crippen LogP contribution in [0.3, 0.4) is 0 Å². The van der Waals surface area contributed by atoms with E-state index in [4.69, 9.17) is 10.5 Å². The van der Waals surface area contributed by atoms with E-state index in [2.05, 4.69) is 25.6 Å². The lowest BCUT2D eigenvalue weighted by molar-refractivity contribution is -0.144. The molecule has 4 N–H and O–H groups in total. The third kappa shape index (κ3) is 6.26. The van der Waals surface area contributed by atoms with Gasteiger partial charge in [-0.05, 0) is 36.8 Å². The van der Waals surface area contributed by atoms with Crippen molar-refractivity contribution in [1.29, 1.82) is 0 Å². The minimum atomic E-state index is -0.436. The van der Waals surface area contributed by atoms with Crippen molar-refractivity contribution in [3.8, 4) is 0 Å². The van der Waals surface area contributed by atoms with Gasteiger partial charge in [0.1, 0.15) is 0 Å². The van der Waals surface area contributed by atoms with Crippen molar-refractivity contribution in [3.63, 3.8) is 0 Å². The summed E-state index contributed by atoms with van der Waals surface area (Å²) in [6.45, 7) is 3.30. The van der Waals surface area contributed by atoms with Crippen LogP contribution in [0.1, 0.15) is 23.9 Å². The fourth-order valence-corrected chi connectivity index (χ4v) is 2.60. The van der Waals surface area contributed by atoms with Crippen LogP contribution in [0.5, 0.6) is 0 Å². The van der Waals surface area contributed by atoms with E-state index in [0.717, 1.165) is 16.8 Å². The molecule has 3 rings (SSSR count). The van der Waals surface area contributed by atoms with Gasteiger partial charge in [0.15, 0.2) is 12.4 Å². The van der Waals surface area contributed by atoms with Gasteiger partial charge in [-0.2, -0.15) is 15.0 Å². The SMILES string of the molecule is CC(=O)Nc1ccc(CC(=O)OCc2nc(N)nc(Nc3ccc(C)cc3)n2)cc1. The lowest BCUT2D eigenvalue weighted by Crippen LogP contribution is -2.12. The molecule has 0 saturated heterocycles. The van der Waals surface area contributed by atoms with Gasteiger partial charge in [-0.1, -0.05) is 29.8 Å². The number of aromatic nitrogens is 3. The van der Waals surface area contributed by atoms with Gasteiger partial charge in [-0.15, -0.1) is 0 Å². The maximum Gasteiger partial charge on any atom is 0.310 e. The summed E-state index contributed by atoms with van der Waals surface area (Å²) in [6.07, 6.45) is 0.0788. The van der Waals surface area contributed by atoms with Crippen LogP contribution in [-0.4, -0.2) is 26.8 Å². The summed E-state index contributed by atoms with van der Waals surface area (Å²) in [6, 6.07) is 14.6. The molecule has 0 aliphatic rings. The molecule has 0 aliphatic heterocycles. The number of hydrogen-bond donors (Lipinski definition) is 3. The number of carbonyl (C=O) groups excluding carboxylic acids is 2. The van der Waals surface area contributed by atoms with E-state index in [0.29, 0.717) is 5.69 Å². The number of esters is 1. The lowest BCUT2D eigenvalue weighted by Gasteiger charge is -2.09. The molecular weight excluding hydrogens is 384 g/mol. The summed E-state index contributed by atoms with van der Waals surface area (Å²) in [5.41, 5.74) is 9.09. The van der Waals surface area contributed by atoms with Crippen LogP contribution in [0.2, 0.25) is 0 Å². The molecule has 9 heteroatoms. The number of amides is 1. The van der Waals surface area contributed by atoms with Crippen LogP contribution >= 0.6 is 0 Å². The van der Waals surface area contributed by atoms with Gasteiger partial charge >= 0.3 is 5.97 Å². The molecule has 0 radical (unpaired) electrons. The monoisotopic (exact) mass is 406 g/mol. The standard InChI is InChI=1S/C21H22N6O3/c1-13-3-7-17(8-4-13)24-21-26-18(25-20(22)27-21)12-30-19(29)11-15-5-9-16(10-6-15)23-14(2)28/h3-10H,11-12H2,1-2H3,(H,23,28)(H3,22,24,25,26,27). The number of nitrogens with one attached hydrogen (secondary N) is 2. The van der Waals surface area contributed by atoms with E-state index in [1.807, 2.05) is 31.2 Å². The fourth-order valence-electron chi connectivity index (χ4n) is 2.60. The first kappa shape index (κ1) is 20.7. The summed E-state index contributed by atoms with van der Waals surface area (Å²) in [5, 5.41) is 5.71. The minimum Gasteiger partial charge on any atom is -0.457 e. The topological polar surface area (TPSA) is 132 Å². The number of carbonyl (C=O) groups is 2. The van der Waals surface area contributed by atoms with Gasteiger partial charge in [-0.25, -0.2) is 0 Å². The van der Waals surface area contributed by atoms with Crippen LogP contribution in [0.25, 0.3) is 0 Å². The number of aryl methyl sites for hydroxylation is 1. The van der Waals surface area contributed by atoms with Gasteiger partial charge in [0.25, 0.3) is 0 Å². The van der Waals surface area contributed by atoms with Crippen molar-refractivity contribution < 1.29 is 14.3 Å². The summed E-state index contributed by atoms with van der Waals surface area (Å²) in [7, 11) is 0. The van der Waals surface area contributed by atoms with Crippen molar-refractivity contribution in [2.45, 2.75) is 26.9 Å². The minimum absolute atomic E-state index is 0.0271. The Morgan fingerprint density at radius 3 is 2.30 bits per heavy atom. The Morgan fingerprint density at radius 1 is 0.967 bits per heavy atom. The second-order valence-corrected chi connectivity index (χ2v) is 6.64. The normalized spacial score (nSPS) is 10.3. The number of hydrogen-bond acceptors (Lipinski definition) is 8. The van der Waals surface area contributed by atoms with Crippen molar-refractivity contribution in [3.05, 3.63) is 65.5 Å². The van der Waals surface area contributed by atoms with Crippen LogP contribution in [0.15, 0.2) is 48.5 Å². The first-order chi connectivity index (χ1) is 14.4. The van der Waals surface area contributed by atoms with Gasteiger partial charge in [0.05, 0.1) is 6.42 Å². The van der Waals surface area contributed by atoms with Gasteiger partial charge in [0, 0.05) is 18.3 Å². The predicted molar refractivity (Wildman–Crippen MR) is 113 cm³/mol.